The van der Waals surface area contributed by atoms with E-state index in [-0.39, 0.29) is 46.8 Å². The summed E-state index contributed by atoms with van der Waals surface area (Å²) >= 11 is 0. The molecule has 0 bridgehead atoms. The fourth-order valence-electron chi connectivity index (χ4n) is 2.73. The number of carbonyl (C=O) groups is 1. The van der Waals surface area contributed by atoms with E-state index in [1.165, 1.54) is 58.8 Å². The number of hydrogen-bond acceptors (Lipinski definition) is 8. The van der Waals surface area contributed by atoms with E-state index in [4.69, 9.17) is 23.8 Å². The summed E-state index contributed by atoms with van der Waals surface area (Å²) in [4.78, 5) is 32.9. The third-order valence-electron chi connectivity index (χ3n) is 4.07. The summed E-state index contributed by atoms with van der Waals surface area (Å²) in [6.07, 6.45) is 1.53. The molecule has 2 aromatic rings. The topological polar surface area (TPSA) is 124 Å². The number of methoxy groups -OCH3 is 4. The predicted molar refractivity (Wildman–Crippen MR) is 108 cm³/mol. The van der Waals surface area contributed by atoms with Crippen molar-refractivity contribution >= 4 is 19.7 Å². The van der Waals surface area contributed by atoms with Gasteiger partial charge in [-0.2, -0.15) is 0 Å². The summed E-state index contributed by atoms with van der Waals surface area (Å²) < 4.78 is 36.4. The average Bonchev–Trinajstić information content (AvgIpc) is 2.70. The van der Waals surface area contributed by atoms with Gasteiger partial charge in [0.2, 0.25) is 5.75 Å². The molecule has 1 atom stereocenters. The number of phosphoric acid groups is 1. The van der Waals surface area contributed by atoms with Crippen LogP contribution in [0.4, 0.5) is 0 Å². The summed E-state index contributed by atoms with van der Waals surface area (Å²) in [6.45, 7) is 1.60. The van der Waals surface area contributed by atoms with Crippen LogP contribution in [0.25, 0.3) is 6.08 Å². The van der Waals surface area contributed by atoms with Gasteiger partial charge in [0.25, 0.3) is 0 Å². The van der Waals surface area contributed by atoms with Gasteiger partial charge in [-0.1, -0.05) is 6.07 Å². The number of ether oxygens (including phenoxy) is 4. The molecule has 0 fully saturated rings. The van der Waals surface area contributed by atoms with Crippen LogP contribution in [0.5, 0.6) is 28.7 Å². The Labute approximate surface area is 202 Å². The quantitative estimate of drug-likeness (QED) is 0.236. The summed E-state index contributed by atoms with van der Waals surface area (Å²) in [5.41, 5.74) is 1.11. The van der Waals surface area contributed by atoms with E-state index >= 15 is 0 Å². The van der Waals surface area contributed by atoms with Crippen molar-refractivity contribution in [3.8, 4) is 28.7 Å². The fourth-order valence-corrected chi connectivity index (χ4v) is 3.13. The molecule has 0 aromatic heterocycles. The molecule has 0 saturated heterocycles. The average molecular weight is 460 g/mol. The van der Waals surface area contributed by atoms with Crippen LogP contribution in [0.15, 0.2) is 35.9 Å². The van der Waals surface area contributed by atoms with Crippen molar-refractivity contribution < 1.29 is 72.2 Å². The summed E-state index contributed by atoms with van der Waals surface area (Å²) in [6, 6.07) is 7.44. The Morgan fingerprint density at radius 3 is 1.94 bits per heavy atom. The van der Waals surface area contributed by atoms with E-state index in [1.807, 2.05) is 0 Å². The van der Waals surface area contributed by atoms with Gasteiger partial charge in [-0.05, 0) is 48.4 Å². The van der Waals surface area contributed by atoms with Crippen molar-refractivity contribution in [1.82, 2.24) is 0 Å². The molecule has 2 rings (SSSR count). The van der Waals surface area contributed by atoms with E-state index < -0.39 is 7.82 Å². The van der Waals surface area contributed by atoms with Crippen molar-refractivity contribution in [2.75, 3.05) is 28.4 Å². The Morgan fingerprint density at radius 2 is 1.48 bits per heavy atom. The van der Waals surface area contributed by atoms with Crippen LogP contribution >= 0.6 is 7.82 Å². The second kappa shape index (κ2) is 11.6. The van der Waals surface area contributed by atoms with Crippen LogP contribution in [-0.2, 0) is 4.57 Å². The van der Waals surface area contributed by atoms with E-state index in [1.54, 1.807) is 13.0 Å². The largest absolute Gasteiger partial charge is 1.00 e. The number of benzene rings is 2. The number of hydrogen-bond donors (Lipinski definition) is 1. The molecule has 0 saturated carbocycles. The first kappa shape index (κ1) is 27.0. The van der Waals surface area contributed by atoms with Gasteiger partial charge in [0.1, 0.15) is 0 Å². The van der Waals surface area contributed by atoms with Crippen molar-refractivity contribution in [3.05, 3.63) is 47.0 Å². The molecular weight excluding hydrogens is 438 g/mol. The predicted octanol–water partition coefficient (Wildman–Crippen LogP) is -0.149. The van der Waals surface area contributed by atoms with Crippen LogP contribution in [0.1, 0.15) is 22.8 Å². The maximum atomic E-state index is 12.9. The molecule has 0 amide bonds. The van der Waals surface area contributed by atoms with Gasteiger partial charge in [0.05, 0.1) is 28.4 Å². The van der Waals surface area contributed by atoms with Gasteiger partial charge in [-0.3, -0.25) is 9.36 Å². The van der Waals surface area contributed by atoms with Gasteiger partial charge in [-0.25, -0.2) is 0 Å². The molecule has 2 aromatic carbocycles. The van der Waals surface area contributed by atoms with Crippen LogP contribution < -0.4 is 57.9 Å². The third-order valence-corrected chi connectivity index (χ3v) is 4.50. The number of ketones is 1. The van der Waals surface area contributed by atoms with E-state index in [9.17, 15) is 14.3 Å². The zero-order chi connectivity index (χ0) is 22.5. The molecule has 1 N–H and O–H groups in total. The molecule has 9 nitrogen and oxygen atoms in total. The first-order valence-electron chi connectivity index (χ1n) is 8.58. The minimum Gasteiger partial charge on any atom is -0.746 e. The second-order valence-electron chi connectivity index (χ2n) is 6.04. The monoisotopic (exact) mass is 460 g/mol. The minimum atomic E-state index is -5.03. The Kier molecular flexibility index (Phi) is 10.1. The molecule has 0 spiro atoms. The van der Waals surface area contributed by atoms with Crippen LogP contribution in [0.2, 0.25) is 0 Å². The van der Waals surface area contributed by atoms with Gasteiger partial charge in [0.15, 0.2) is 28.8 Å². The van der Waals surface area contributed by atoms with Crippen LogP contribution in [0, 0.1) is 0 Å². The standard InChI is InChI=1S/C20H23O9P.Na/c1-12(8-13-6-7-15(25-2)16(9-13)29-30(22,23)24)19(21)14-10-17(26-3)20(28-5)18(11-14)27-4;/h6-11H,1-5H3,(H2,22,23,24);/q;+1/p-1/b12-8+;. The van der Waals surface area contributed by atoms with Crippen molar-refractivity contribution in [1.29, 1.82) is 0 Å². The molecule has 0 aliphatic rings. The van der Waals surface area contributed by atoms with Gasteiger partial charge < -0.3 is 33.3 Å². The molecule has 1 unspecified atom stereocenters. The molecule has 0 radical (unpaired) electrons. The van der Waals surface area contributed by atoms with Crippen molar-refractivity contribution in [3.63, 3.8) is 0 Å². The molecule has 31 heavy (non-hydrogen) atoms. The Morgan fingerprint density at radius 1 is 0.935 bits per heavy atom. The summed E-state index contributed by atoms with van der Waals surface area (Å²) in [7, 11) is 0.648. The first-order chi connectivity index (χ1) is 14.1. The van der Waals surface area contributed by atoms with E-state index in [0.29, 0.717) is 33.9 Å². The van der Waals surface area contributed by atoms with E-state index in [2.05, 4.69) is 4.52 Å². The molecular formula is C20H22NaO9P. The maximum absolute atomic E-state index is 12.9. The Bertz CT molecular complexity index is 989. The van der Waals surface area contributed by atoms with Crippen LogP contribution in [0.3, 0.4) is 0 Å². The van der Waals surface area contributed by atoms with Gasteiger partial charge >= 0.3 is 37.4 Å². The molecule has 0 heterocycles. The zero-order valence-corrected chi connectivity index (χ0v) is 21.0. The van der Waals surface area contributed by atoms with E-state index in [0.717, 1.165) is 0 Å². The smallest absolute Gasteiger partial charge is 0.746 e. The van der Waals surface area contributed by atoms with Crippen LogP contribution in [-0.4, -0.2) is 39.1 Å². The molecule has 162 valence electrons. The first-order valence-corrected chi connectivity index (χ1v) is 10.1. The fraction of sp³-hybridized carbons (Fsp3) is 0.250. The molecule has 11 heteroatoms. The normalized spacial score (nSPS) is 12.8. The van der Waals surface area contributed by atoms with Crippen molar-refractivity contribution in [2.24, 2.45) is 0 Å². The summed E-state index contributed by atoms with van der Waals surface area (Å²) in [5.74, 6) is 0.612. The maximum Gasteiger partial charge on any atom is 1.00 e. The third kappa shape index (κ3) is 7.00. The molecule has 0 aliphatic heterocycles. The SMILES string of the molecule is COc1ccc(/C=C(\C)C(=O)c2cc(OC)c(OC)c(OC)c2)cc1OP(=O)([O-])O.[Na+]. The number of carbonyl (C=O) groups excluding carboxylic acids is 1. The summed E-state index contributed by atoms with van der Waals surface area (Å²) in [5, 5.41) is 0. The number of rotatable bonds is 9. The van der Waals surface area contributed by atoms with Gasteiger partial charge in [0, 0.05) is 5.56 Å². The number of allylic oxidation sites excluding steroid dienone is 1. The number of phosphoric ester groups is 1. The van der Waals surface area contributed by atoms with Gasteiger partial charge in [-0.15, -0.1) is 0 Å². The zero-order valence-electron chi connectivity index (χ0n) is 18.1. The van der Waals surface area contributed by atoms with Crippen molar-refractivity contribution in [2.45, 2.75) is 6.92 Å². The Hall–Kier alpha value is -2.00. The molecule has 0 aliphatic carbocycles. The minimum absolute atomic E-state index is 0. The second-order valence-corrected chi connectivity index (χ2v) is 7.16. The number of Topliss-reactive ketones (excluding diaryl/α,β-unsaturated/α-hetero) is 1. The Balaban J connectivity index is 0.00000480.